The molecule has 0 radical (unpaired) electrons. The van der Waals surface area contributed by atoms with Crippen LogP contribution in [0.1, 0.15) is 30.0 Å². The highest BCUT2D eigenvalue weighted by Gasteiger charge is 2.08. The topological polar surface area (TPSA) is 43.0 Å². The predicted molar refractivity (Wildman–Crippen MR) is 66.8 cm³/mol. The maximum Gasteiger partial charge on any atom is 0.120 e. The zero-order chi connectivity index (χ0) is 12.3. The molecule has 0 aliphatic rings. The van der Waals surface area contributed by atoms with Gasteiger partial charge < -0.3 is 9.73 Å². The van der Waals surface area contributed by atoms with Crippen molar-refractivity contribution in [2.24, 2.45) is 0 Å². The summed E-state index contributed by atoms with van der Waals surface area (Å²) in [5.41, 5.74) is 1.19. The molecule has 0 bridgehead atoms. The summed E-state index contributed by atoms with van der Waals surface area (Å²) in [7, 11) is 0. The highest BCUT2D eigenvalue weighted by atomic mass is 16.3. The molecule has 92 valence electrons. The molecular weight excluding hydrogens is 214 g/mol. The van der Waals surface area contributed by atoms with Crippen molar-refractivity contribution in [3.05, 3.63) is 41.6 Å². The van der Waals surface area contributed by atoms with E-state index in [4.69, 9.17) is 4.42 Å². The average molecular weight is 233 g/mol. The van der Waals surface area contributed by atoms with Crippen LogP contribution in [0.2, 0.25) is 0 Å². The van der Waals surface area contributed by atoms with Crippen LogP contribution in [0.25, 0.3) is 0 Å². The second-order valence-corrected chi connectivity index (χ2v) is 4.40. The second-order valence-electron chi connectivity index (χ2n) is 4.40. The van der Waals surface area contributed by atoms with Crippen LogP contribution >= 0.6 is 0 Å². The van der Waals surface area contributed by atoms with Crippen LogP contribution < -0.4 is 5.32 Å². The van der Waals surface area contributed by atoms with Crippen molar-refractivity contribution in [2.75, 3.05) is 6.54 Å². The molecule has 0 fully saturated rings. The van der Waals surface area contributed by atoms with E-state index >= 15 is 0 Å². The lowest BCUT2D eigenvalue weighted by molar-refractivity contribution is 0.407. The van der Waals surface area contributed by atoms with Gasteiger partial charge in [0.2, 0.25) is 0 Å². The number of nitrogens with one attached hydrogen (secondary N) is 1. The smallest absolute Gasteiger partial charge is 0.120 e. The minimum atomic E-state index is 0.236. The molecule has 1 N–H and O–H groups in total. The van der Waals surface area contributed by atoms with Gasteiger partial charge in [-0.05, 0) is 38.5 Å². The summed E-state index contributed by atoms with van der Waals surface area (Å²) in [5.74, 6) is 1.94. The van der Waals surface area contributed by atoms with Gasteiger partial charge in [-0.2, -0.15) is 5.10 Å². The second kappa shape index (κ2) is 5.19. The number of nitrogens with zero attached hydrogens (tertiary/aromatic N) is 2. The largest absolute Gasteiger partial charge is 0.465 e. The number of aromatic nitrogens is 2. The lowest BCUT2D eigenvalue weighted by Gasteiger charge is -2.11. The highest BCUT2D eigenvalue weighted by molar-refractivity contribution is 5.08. The summed E-state index contributed by atoms with van der Waals surface area (Å²) in [6, 6.07) is 4.25. The van der Waals surface area contributed by atoms with Crippen LogP contribution in [-0.2, 0) is 6.54 Å². The van der Waals surface area contributed by atoms with E-state index in [-0.39, 0.29) is 6.04 Å². The number of hydrogen-bond acceptors (Lipinski definition) is 3. The normalized spacial score (nSPS) is 12.9. The molecule has 0 spiro atoms. The first kappa shape index (κ1) is 11.9. The van der Waals surface area contributed by atoms with Crippen molar-refractivity contribution in [2.45, 2.75) is 33.4 Å². The van der Waals surface area contributed by atoms with Crippen molar-refractivity contribution < 1.29 is 4.42 Å². The standard InChI is InChI=1S/C13H19N3O/c1-10-8-15-16(9-10)7-6-14-12(3)13-5-4-11(2)17-13/h4-5,8-9,12,14H,6-7H2,1-3H3. The third-order valence-electron chi connectivity index (χ3n) is 2.74. The van der Waals surface area contributed by atoms with E-state index < -0.39 is 0 Å². The maximum atomic E-state index is 5.57. The summed E-state index contributed by atoms with van der Waals surface area (Å²) in [6.45, 7) is 7.86. The maximum absolute atomic E-state index is 5.57. The number of furan rings is 1. The summed E-state index contributed by atoms with van der Waals surface area (Å²) < 4.78 is 7.51. The molecule has 2 aromatic rings. The fourth-order valence-corrected chi connectivity index (χ4v) is 1.77. The Labute approximate surface area is 102 Å². The fraction of sp³-hybridized carbons (Fsp3) is 0.462. The van der Waals surface area contributed by atoms with Crippen LogP contribution in [0.3, 0.4) is 0 Å². The van der Waals surface area contributed by atoms with Gasteiger partial charge in [0.05, 0.1) is 18.8 Å². The fourth-order valence-electron chi connectivity index (χ4n) is 1.77. The van der Waals surface area contributed by atoms with Gasteiger partial charge in [-0.25, -0.2) is 0 Å². The van der Waals surface area contributed by atoms with Crippen LogP contribution in [-0.4, -0.2) is 16.3 Å². The van der Waals surface area contributed by atoms with E-state index in [1.807, 2.05) is 43.1 Å². The van der Waals surface area contributed by atoms with Gasteiger partial charge in [-0.3, -0.25) is 4.68 Å². The zero-order valence-corrected chi connectivity index (χ0v) is 10.6. The number of aryl methyl sites for hydroxylation is 2. The molecular formula is C13H19N3O. The molecule has 0 aliphatic heterocycles. The van der Waals surface area contributed by atoms with Gasteiger partial charge in [-0.1, -0.05) is 0 Å². The first-order valence-corrected chi connectivity index (χ1v) is 5.94. The van der Waals surface area contributed by atoms with E-state index in [1.165, 1.54) is 5.56 Å². The highest BCUT2D eigenvalue weighted by Crippen LogP contribution is 2.14. The predicted octanol–water partition coefficient (Wildman–Crippen LogP) is 2.44. The third kappa shape index (κ3) is 3.20. The third-order valence-corrected chi connectivity index (χ3v) is 2.74. The van der Waals surface area contributed by atoms with Crippen molar-refractivity contribution >= 4 is 0 Å². The van der Waals surface area contributed by atoms with Crippen LogP contribution in [0.5, 0.6) is 0 Å². The molecule has 2 heterocycles. The first-order valence-electron chi connectivity index (χ1n) is 5.94. The molecule has 0 saturated carbocycles. The summed E-state index contributed by atoms with van der Waals surface area (Å²) in [6.07, 6.45) is 3.92. The van der Waals surface area contributed by atoms with Gasteiger partial charge in [-0.15, -0.1) is 0 Å². The monoisotopic (exact) mass is 233 g/mol. The molecule has 17 heavy (non-hydrogen) atoms. The van der Waals surface area contributed by atoms with E-state index in [0.717, 1.165) is 24.6 Å². The lowest BCUT2D eigenvalue weighted by Crippen LogP contribution is -2.23. The molecule has 1 unspecified atom stereocenters. The molecule has 0 saturated heterocycles. The van der Waals surface area contributed by atoms with Gasteiger partial charge in [0, 0.05) is 12.7 Å². The zero-order valence-electron chi connectivity index (χ0n) is 10.6. The Hall–Kier alpha value is -1.55. The molecule has 0 aliphatic carbocycles. The molecule has 2 rings (SSSR count). The summed E-state index contributed by atoms with van der Waals surface area (Å²) in [5, 5.41) is 7.66. The quantitative estimate of drug-likeness (QED) is 0.862. The Bertz CT molecular complexity index is 472. The minimum absolute atomic E-state index is 0.236. The van der Waals surface area contributed by atoms with E-state index in [0.29, 0.717) is 0 Å². The van der Waals surface area contributed by atoms with Crippen molar-refractivity contribution in [3.8, 4) is 0 Å². The van der Waals surface area contributed by atoms with E-state index in [2.05, 4.69) is 17.3 Å². The SMILES string of the molecule is Cc1cnn(CCNC(C)c2ccc(C)o2)c1. The van der Waals surface area contributed by atoms with E-state index in [1.54, 1.807) is 0 Å². The summed E-state index contributed by atoms with van der Waals surface area (Å²) in [4.78, 5) is 0. The van der Waals surface area contributed by atoms with E-state index in [9.17, 15) is 0 Å². The molecule has 1 atom stereocenters. The number of rotatable bonds is 5. The van der Waals surface area contributed by atoms with Gasteiger partial charge in [0.15, 0.2) is 0 Å². The Morgan fingerprint density at radius 2 is 2.24 bits per heavy atom. The average Bonchev–Trinajstić information content (AvgIpc) is 2.88. The Morgan fingerprint density at radius 1 is 1.41 bits per heavy atom. The van der Waals surface area contributed by atoms with Crippen molar-refractivity contribution in [1.29, 1.82) is 0 Å². The van der Waals surface area contributed by atoms with Crippen molar-refractivity contribution in [3.63, 3.8) is 0 Å². The minimum Gasteiger partial charge on any atom is -0.465 e. The molecule has 2 aromatic heterocycles. The summed E-state index contributed by atoms with van der Waals surface area (Å²) >= 11 is 0. The number of hydrogen-bond donors (Lipinski definition) is 1. The van der Waals surface area contributed by atoms with Gasteiger partial charge in [0.25, 0.3) is 0 Å². The van der Waals surface area contributed by atoms with Crippen LogP contribution in [0.15, 0.2) is 28.9 Å². The Kier molecular flexibility index (Phi) is 3.64. The van der Waals surface area contributed by atoms with Gasteiger partial charge >= 0.3 is 0 Å². The van der Waals surface area contributed by atoms with Gasteiger partial charge in [0.1, 0.15) is 11.5 Å². The molecule has 0 amide bonds. The molecule has 0 aromatic carbocycles. The first-order chi connectivity index (χ1) is 8.15. The van der Waals surface area contributed by atoms with Crippen LogP contribution in [0.4, 0.5) is 0 Å². The Morgan fingerprint density at radius 3 is 2.82 bits per heavy atom. The van der Waals surface area contributed by atoms with Crippen molar-refractivity contribution in [1.82, 2.24) is 15.1 Å². The lowest BCUT2D eigenvalue weighted by atomic mass is 10.2. The molecule has 4 nitrogen and oxygen atoms in total. The molecule has 4 heteroatoms. The Balaban J connectivity index is 1.78. The van der Waals surface area contributed by atoms with Crippen LogP contribution in [0, 0.1) is 13.8 Å².